The molecule has 10 aromatic rings. The summed E-state index contributed by atoms with van der Waals surface area (Å²) in [6, 6.07) is 63.8. The Kier molecular flexibility index (Phi) is 5.70. The van der Waals surface area contributed by atoms with Crippen molar-refractivity contribution in [3.8, 4) is 50.6 Å². The van der Waals surface area contributed by atoms with Gasteiger partial charge in [0, 0.05) is 32.8 Å². The normalized spacial score (nSPS) is 12.2. The Balaban J connectivity index is 1.07. The summed E-state index contributed by atoms with van der Waals surface area (Å²) < 4.78 is 8.87. The monoisotopic (exact) mass is 635 g/mol. The molecule has 11 rings (SSSR count). The van der Waals surface area contributed by atoms with Gasteiger partial charge in [-0.3, -0.25) is 0 Å². The van der Waals surface area contributed by atoms with E-state index in [1.165, 1.54) is 81.9 Å². The van der Waals surface area contributed by atoms with Crippen LogP contribution in [-0.4, -0.2) is 4.57 Å². The SMILES string of the molecule is c1ccc(-c2ccc3c(c2)-c2cccc4cccc(c24)O3)c(-c2ccc(-n3c4ccc5ccccc5c4c4ccc5ccccc5c43)cc2)c1. The second-order valence-electron chi connectivity index (χ2n) is 13.3. The van der Waals surface area contributed by atoms with Crippen LogP contribution in [0.3, 0.4) is 0 Å². The molecule has 2 heterocycles. The van der Waals surface area contributed by atoms with Gasteiger partial charge < -0.3 is 9.30 Å². The van der Waals surface area contributed by atoms with Gasteiger partial charge in [0.2, 0.25) is 0 Å². The van der Waals surface area contributed by atoms with Crippen LogP contribution in [0.2, 0.25) is 0 Å². The van der Waals surface area contributed by atoms with E-state index in [0.29, 0.717) is 0 Å². The number of hydrogen-bond acceptors (Lipinski definition) is 1. The van der Waals surface area contributed by atoms with E-state index in [-0.39, 0.29) is 0 Å². The van der Waals surface area contributed by atoms with E-state index in [1.807, 2.05) is 0 Å². The molecular formula is C48H29NO. The van der Waals surface area contributed by atoms with E-state index in [2.05, 4.69) is 180 Å². The standard InChI is InChI=1S/C48H29NO/c1-3-15-38-30(9-1)22-27-43-47(38)41-26-21-31-10-2-4-16-39(31)48(41)49(43)35-24-19-32(20-25-35)36-13-5-6-14-37(36)34-23-28-44-42(29-34)40-17-7-11-33-12-8-18-45(50-44)46(33)40/h1-29H. The molecule has 2 nitrogen and oxygen atoms in total. The van der Waals surface area contributed by atoms with Crippen LogP contribution < -0.4 is 4.74 Å². The molecule has 50 heavy (non-hydrogen) atoms. The molecule has 0 radical (unpaired) electrons. The number of ether oxygens (including phenoxy) is 1. The van der Waals surface area contributed by atoms with Crippen molar-refractivity contribution in [1.82, 2.24) is 4.57 Å². The van der Waals surface area contributed by atoms with Crippen molar-refractivity contribution < 1.29 is 4.74 Å². The number of aromatic nitrogens is 1. The predicted octanol–water partition coefficient (Wildman–Crippen LogP) is 13.3. The van der Waals surface area contributed by atoms with Gasteiger partial charge in [-0.2, -0.15) is 0 Å². The molecule has 0 N–H and O–H groups in total. The summed E-state index contributed by atoms with van der Waals surface area (Å²) in [5.74, 6) is 1.82. The van der Waals surface area contributed by atoms with Crippen molar-refractivity contribution in [2.45, 2.75) is 0 Å². The van der Waals surface area contributed by atoms with Gasteiger partial charge in [0.05, 0.1) is 11.0 Å². The second-order valence-corrected chi connectivity index (χ2v) is 13.3. The lowest BCUT2D eigenvalue weighted by Gasteiger charge is -2.22. The Labute approximate surface area is 289 Å². The van der Waals surface area contributed by atoms with Crippen LogP contribution >= 0.6 is 0 Å². The van der Waals surface area contributed by atoms with E-state index in [9.17, 15) is 0 Å². The number of fused-ring (bicyclic) bond motifs is 9. The average molecular weight is 636 g/mol. The highest BCUT2D eigenvalue weighted by atomic mass is 16.5. The molecule has 0 aliphatic carbocycles. The molecule has 0 unspecified atom stereocenters. The number of nitrogens with zero attached hydrogens (tertiary/aromatic N) is 1. The van der Waals surface area contributed by atoms with Gasteiger partial charge in [-0.25, -0.2) is 0 Å². The zero-order chi connectivity index (χ0) is 32.8. The van der Waals surface area contributed by atoms with Crippen molar-refractivity contribution in [3.63, 3.8) is 0 Å². The summed E-state index contributed by atoms with van der Waals surface area (Å²) in [6.45, 7) is 0. The molecule has 0 fully saturated rings. The highest BCUT2D eigenvalue weighted by Gasteiger charge is 2.21. The molecule has 2 heteroatoms. The lowest BCUT2D eigenvalue weighted by Crippen LogP contribution is -1.97. The van der Waals surface area contributed by atoms with Gasteiger partial charge >= 0.3 is 0 Å². The summed E-state index contributed by atoms with van der Waals surface area (Å²) >= 11 is 0. The fraction of sp³-hybridized carbons (Fsp3) is 0. The smallest absolute Gasteiger partial charge is 0.135 e. The first-order chi connectivity index (χ1) is 24.8. The first kappa shape index (κ1) is 27.3. The molecule has 0 bridgehead atoms. The van der Waals surface area contributed by atoms with Gasteiger partial charge in [-0.05, 0) is 85.8 Å². The van der Waals surface area contributed by atoms with Crippen LogP contribution in [0.4, 0.5) is 0 Å². The molecule has 1 aliphatic heterocycles. The number of benzene rings is 9. The molecule has 1 aliphatic rings. The molecular weight excluding hydrogens is 607 g/mol. The third kappa shape index (κ3) is 3.90. The Hall–Kier alpha value is -6.64. The topological polar surface area (TPSA) is 14.2 Å². The summed E-state index contributed by atoms with van der Waals surface area (Å²) in [7, 11) is 0. The number of hydrogen-bond donors (Lipinski definition) is 0. The van der Waals surface area contributed by atoms with Gasteiger partial charge in [0.15, 0.2) is 0 Å². The van der Waals surface area contributed by atoms with Crippen molar-refractivity contribution in [2.75, 3.05) is 0 Å². The lowest BCUT2D eigenvalue weighted by atomic mass is 9.90. The summed E-state index contributed by atoms with van der Waals surface area (Å²) in [5, 5.41) is 9.99. The van der Waals surface area contributed by atoms with E-state index in [4.69, 9.17) is 4.74 Å². The maximum atomic E-state index is 6.41. The summed E-state index contributed by atoms with van der Waals surface area (Å²) in [5.41, 5.74) is 10.7. The van der Waals surface area contributed by atoms with Crippen LogP contribution in [-0.2, 0) is 0 Å². The first-order valence-electron chi connectivity index (χ1n) is 17.2. The minimum Gasteiger partial charge on any atom is -0.456 e. The molecule has 0 spiro atoms. The van der Waals surface area contributed by atoms with Crippen LogP contribution in [0.25, 0.3) is 93.2 Å². The predicted molar refractivity (Wildman–Crippen MR) is 210 cm³/mol. The largest absolute Gasteiger partial charge is 0.456 e. The van der Waals surface area contributed by atoms with Gasteiger partial charge in [0.25, 0.3) is 0 Å². The highest BCUT2D eigenvalue weighted by Crippen LogP contribution is 2.48. The fourth-order valence-electron chi connectivity index (χ4n) is 8.32. The van der Waals surface area contributed by atoms with Gasteiger partial charge in [0.1, 0.15) is 11.5 Å². The number of rotatable bonds is 3. The summed E-state index contributed by atoms with van der Waals surface area (Å²) in [4.78, 5) is 0. The van der Waals surface area contributed by atoms with Crippen molar-refractivity contribution in [1.29, 1.82) is 0 Å². The summed E-state index contributed by atoms with van der Waals surface area (Å²) in [6.07, 6.45) is 0. The van der Waals surface area contributed by atoms with Gasteiger partial charge in [-0.15, -0.1) is 0 Å². The molecule has 0 atom stereocenters. The first-order valence-corrected chi connectivity index (χ1v) is 17.2. The van der Waals surface area contributed by atoms with E-state index < -0.39 is 0 Å². The van der Waals surface area contributed by atoms with Crippen LogP contribution in [0.5, 0.6) is 11.5 Å². The molecule has 9 aromatic carbocycles. The van der Waals surface area contributed by atoms with E-state index in [1.54, 1.807) is 0 Å². The minimum absolute atomic E-state index is 0.897. The van der Waals surface area contributed by atoms with Crippen molar-refractivity contribution in [3.05, 3.63) is 176 Å². The molecule has 232 valence electrons. The maximum absolute atomic E-state index is 6.41. The highest BCUT2D eigenvalue weighted by molar-refractivity contribution is 6.26. The minimum atomic E-state index is 0.897. The van der Waals surface area contributed by atoms with Crippen molar-refractivity contribution in [2.24, 2.45) is 0 Å². The van der Waals surface area contributed by atoms with Crippen LogP contribution in [0.1, 0.15) is 0 Å². The Bertz CT molecular complexity index is 3000. The van der Waals surface area contributed by atoms with Gasteiger partial charge in [-0.1, -0.05) is 140 Å². The lowest BCUT2D eigenvalue weighted by molar-refractivity contribution is 0.487. The molecule has 0 saturated carbocycles. The molecule has 0 amide bonds. The molecule has 0 saturated heterocycles. The maximum Gasteiger partial charge on any atom is 0.135 e. The van der Waals surface area contributed by atoms with E-state index >= 15 is 0 Å². The van der Waals surface area contributed by atoms with Crippen molar-refractivity contribution >= 4 is 54.1 Å². The van der Waals surface area contributed by atoms with Crippen LogP contribution in [0, 0.1) is 0 Å². The second kappa shape index (κ2) is 10.4. The third-order valence-electron chi connectivity index (χ3n) is 10.6. The Morgan fingerprint density at radius 2 is 1.00 bits per heavy atom. The molecule has 1 aromatic heterocycles. The quantitative estimate of drug-likeness (QED) is 0.188. The van der Waals surface area contributed by atoms with E-state index in [0.717, 1.165) is 22.7 Å². The Morgan fingerprint density at radius 1 is 0.360 bits per heavy atom. The third-order valence-corrected chi connectivity index (χ3v) is 10.6. The zero-order valence-corrected chi connectivity index (χ0v) is 27.1. The Morgan fingerprint density at radius 3 is 1.84 bits per heavy atom. The fourth-order valence-corrected chi connectivity index (χ4v) is 8.32. The van der Waals surface area contributed by atoms with Crippen LogP contribution in [0.15, 0.2) is 176 Å². The average Bonchev–Trinajstić information content (AvgIpc) is 3.54. The zero-order valence-electron chi connectivity index (χ0n) is 27.1.